The molecule has 1 rings (SSSR count). The molecule has 7 heteroatoms. The average molecular weight is 295 g/mol. The number of carbonyl (C=O) groups is 1. The van der Waals surface area contributed by atoms with Crippen LogP contribution in [0.1, 0.15) is 24.7 Å². The zero-order valence-electron chi connectivity index (χ0n) is 13.2. The molecule has 1 heterocycles. The number of rotatable bonds is 9. The minimum absolute atomic E-state index is 0.00388. The van der Waals surface area contributed by atoms with Crippen LogP contribution in [-0.2, 0) is 16.0 Å². The second kappa shape index (κ2) is 9.12. The van der Waals surface area contributed by atoms with E-state index in [1.807, 2.05) is 20.9 Å². The van der Waals surface area contributed by atoms with E-state index in [9.17, 15) is 4.79 Å². The molecule has 3 N–H and O–H groups in total. The number of ether oxygens (including phenoxy) is 1. The first-order valence-corrected chi connectivity index (χ1v) is 7.17. The largest absolute Gasteiger partial charge is 0.383 e. The summed E-state index contributed by atoms with van der Waals surface area (Å²) >= 11 is 0. The van der Waals surface area contributed by atoms with Crippen molar-refractivity contribution in [1.29, 1.82) is 0 Å². The number of aryl methyl sites for hydroxylation is 1. The van der Waals surface area contributed by atoms with Gasteiger partial charge in [0.15, 0.2) is 0 Å². The summed E-state index contributed by atoms with van der Waals surface area (Å²) in [5.74, 6) is 2.36. The van der Waals surface area contributed by atoms with Gasteiger partial charge in [0.05, 0.1) is 6.61 Å². The predicted molar refractivity (Wildman–Crippen MR) is 83.7 cm³/mol. The van der Waals surface area contributed by atoms with Crippen LogP contribution in [0.2, 0.25) is 0 Å². The van der Waals surface area contributed by atoms with Gasteiger partial charge in [0.2, 0.25) is 5.91 Å². The Hall–Kier alpha value is -1.89. The van der Waals surface area contributed by atoms with Gasteiger partial charge >= 0.3 is 0 Å². The quantitative estimate of drug-likeness (QED) is 0.588. The maximum absolute atomic E-state index is 11.6. The molecule has 7 nitrogen and oxygen atoms in total. The van der Waals surface area contributed by atoms with E-state index in [2.05, 4.69) is 25.9 Å². The van der Waals surface area contributed by atoms with Gasteiger partial charge in [-0.25, -0.2) is 9.97 Å². The fraction of sp³-hybridized carbons (Fsp3) is 0.643. The molecule has 0 fully saturated rings. The fourth-order valence-corrected chi connectivity index (χ4v) is 1.81. The van der Waals surface area contributed by atoms with E-state index in [1.54, 1.807) is 7.11 Å². The van der Waals surface area contributed by atoms with E-state index in [-0.39, 0.29) is 5.91 Å². The number of methoxy groups -OCH3 is 1. The minimum atomic E-state index is -0.00388. The molecule has 0 aromatic carbocycles. The maximum atomic E-state index is 11.6. The molecule has 118 valence electrons. The van der Waals surface area contributed by atoms with Crippen LogP contribution in [0.4, 0.5) is 11.6 Å². The summed E-state index contributed by atoms with van der Waals surface area (Å²) in [6, 6.07) is 0. The topological polar surface area (TPSA) is 88.2 Å². The third-order valence-corrected chi connectivity index (χ3v) is 3.02. The Bertz CT molecular complexity index is 465. The molecular weight excluding hydrogens is 270 g/mol. The van der Waals surface area contributed by atoms with Crippen molar-refractivity contribution in [3.8, 4) is 0 Å². The highest BCUT2D eigenvalue weighted by molar-refractivity contribution is 5.76. The molecule has 1 amide bonds. The number of nitrogens with one attached hydrogen (secondary N) is 3. The SMILES string of the molecule is CCc1nc(NC)c(C)c(NCCC(=O)NCCOC)n1. The molecule has 21 heavy (non-hydrogen) atoms. The van der Waals surface area contributed by atoms with Gasteiger partial charge in [-0.2, -0.15) is 0 Å². The molecule has 1 aromatic heterocycles. The first kappa shape index (κ1) is 17.2. The smallest absolute Gasteiger partial charge is 0.221 e. The van der Waals surface area contributed by atoms with Crippen molar-refractivity contribution in [2.45, 2.75) is 26.7 Å². The fourth-order valence-electron chi connectivity index (χ4n) is 1.81. The Morgan fingerprint density at radius 3 is 2.57 bits per heavy atom. The van der Waals surface area contributed by atoms with Crippen molar-refractivity contribution in [3.05, 3.63) is 11.4 Å². The van der Waals surface area contributed by atoms with Crippen molar-refractivity contribution in [2.24, 2.45) is 0 Å². The van der Waals surface area contributed by atoms with Crippen LogP contribution < -0.4 is 16.0 Å². The monoisotopic (exact) mass is 295 g/mol. The molecule has 0 atom stereocenters. The van der Waals surface area contributed by atoms with Crippen LogP contribution in [0.5, 0.6) is 0 Å². The first-order valence-electron chi connectivity index (χ1n) is 7.17. The zero-order valence-corrected chi connectivity index (χ0v) is 13.2. The Labute approximate surface area is 125 Å². The summed E-state index contributed by atoms with van der Waals surface area (Å²) in [6.45, 7) is 5.55. The van der Waals surface area contributed by atoms with E-state index in [4.69, 9.17) is 4.74 Å². The van der Waals surface area contributed by atoms with E-state index in [0.717, 1.165) is 29.4 Å². The lowest BCUT2D eigenvalue weighted by atomic mass is 10.2. The molecular formula is C14H25N5O2. The van der Waals surface area contributed by atoms with Crippen molar-refractivity contribution >= 4 is 17.5 Å². The van der Waals surface area contributed by atoms with Crippen LogP contribution in [0.25, 0.3) is 0 Å². The summed E-state index contributed by atoms with van der Waals surface area (Å²) in [5.41, 5.74) is 0.953. The third kappa shape index (κ3) is 5.55. The number of hydrogen-bond donors (Lipinski definition) is 3. The van der Waals surface area contributed by atoms with Gasteiger partial charge in [0, 0.05) is 45.7 Å². The van der Waals surface area contributed by atoms with Crippen LogP contribution in [0.3, 0.4) is 0 Å². The van der Waals surface area contributed by atoms with Crippen LogP contribution in [0.15, 0.2) is 0 Å². The van der Waals surface area contributed by atoms with Gasteiger partial charge in [-0.15, -0.1) is 0 Å². The third-order valence-electron chi connectivity index (χ3n) is 3.02. The van der Waals surface area contributed by atoms with Gasteiger partial charge in [-0.3, -0.25) is 4.79 Å². The van der Waals surface area contributed by atoms with Gasteiger partial charge in [-0.05, 0) is 6.92 Å². The first-order chi connectivity index (χ1) is 10.1. The molecule has 0 aliphatic heterocycles. The van der Waals surface area contributed by atoms with Gasteiger partial charge in [0.25, 0.3) is 0 Å². The summed E-state index contributed by atoms with van der Waals surface area (Å²) in [6.07, 6.45) is 1.16. The molecule has 0 radical (unpaired) electrons. The minimum Gasteiger partial charge on any atom is -0.383 e. The second-order valence-electron chi connectivity index (χ2n) is 4.59. The molecule has 1 aromatic rings. The zero-order chi connectivity index (χ0) is 15.7. The van der Waals surface area contributed by atoms with Gasteiger partial charge in [-0.1, -0.05) is 6.92 Å². The highest BCUT2D eigenvalue weighted by atomic mass is 16.5. The van der Waals surface area contributed by atoms with E-state index >= 15 is 0 Å². The molecule has 0 unspecified atom stereocenters. The van der Waals surface area contributed by atoms with Gasteiger partial charge in [0.1, 0.15) is 17.5 Å². The number of anilines is 2. The molecule has 0 bridgehead atoms. The van der Waals surface area contributed by atoms with Crippen molar-refractivity contribution in [3.63, 3.8) is 0 Å². The number of aromatic nitrogens is 2. The van der Waals surface area contributed by atoms with E-state index in [0.29, 0.717) is 26.1 Å². The second-order valence-corrected chi connectivity index (χ2v) is 4.59. The van der Waals surface area contributed by atoms with E-state index in [1.165, 1.54) is 0 Å². The van der Waals surface area contributed by atoms with Crippen LogP contribution >= 0.6 is 0 Å². The Morgan fingerprint density at radius 2 is 1.95 bits per heavy atom. The normalized spacial score (nSPS) is 10.3. The standard InChI is InChI=1S/C14H25N5O2/c1-5-11-18-13(15-3)10(2)14(19-11)17-7-6-12(20)16-8-9-21-4/h5-9H2,1-4H3,(H,16,20)(H2,15,17,18,19). The number of nitrogens with zero attached hydrogens (tertiary/aromatic N) is 2. The van der Waals surface area contributed by atoms with Crippen LogP contribution in [-0.4, -0.2) is 49.7 Å². The lowest BCUT2D eigenvalue weighted by Gasteiger charge is -2.13. The summed E-state index contributed by atoms with van der Waals surface area (Å²) < 4.78 is 4.88. The molecule has 0 aliphatic rings. The van der Waals surface area contributed by atoms with Gasteiger partial charge < -0.3 is 20.7 Å². The highest BCUT2D eigenvalue weighted by Gasteiger charge is 2.09. The lowest BCUT2D eigenvalue weighted by Crippen LogP contribution is -2.28. The Kier molecular flexibility index (Phi) is 7.45. The summed E-state index contributed by atoms with van der Waals surface area (Å²) in [4.78, 5) is 20.5. The number of amides is 1. The molecule has 0 saturated carbocycles. The molecule has 0 aliphatic carbocycles. The van der Waals surface area contributed by atoms with E-state index < -0.39 is 0 Å². The van der Waals surface area contributed by atoms with Crippen molar-refractivity contribution in [1.82, 2.24) is 15.3 Å². The number of carbonyl (C=O) groups excluding carboxylic acids is 1. The molecule has 0 saturated heterocycles. The van der Waals surface area contributed by atoms with Crippen molar-refractivity contribution in [2.75, 3.05) is 44.5 Å². The Morgan fingerprint density at radius 1 is 1.24 bits per heavy atom. The number of hydrogen-bond acceptors (Lipinski definition) is 6. The lowest BCUT2D eigenvalue weighted by molar-refractivity contribution is -0.121. The highest BCUT2D eigenvalue weighted by Crippen LogP contribution is 2.19. The summed E-state index contributed by atoms with van der Waals surface area (Å²) in [5, 5.41) is 9.04. The summed E-state index contributed by atoms with van der Waals surface area (Å²) in [7, 11) is 3.44. The molecule has 0 spiro atoms. The predicted octanol–water partition coefficient (Wildman–Crippen LogP) is 0.954. The average Bonchev–Trinajstić information content (AvgIpc) is 2.49. The van der Waals surface area contributed by atoms with Crippen molar-refractivity contribution < 1.29 is 9.53 Å². The van der Waals surface area contributed by atoms with Crippen LogP contribution in [0, 0.1) is 6.92 Å². The Balaban J connectivity index is 2.53. The maximum Gasteiger partial charge on any atom is 0.221 e.